The second kappa shape index (κ2) is 7.10. The van der Waals surface area contributed by atoms with Gasteiger partial charge in [-0.15, -0.1) is 0 Å². The number of nitrogens with one attached hydrogen (secondary N) is 1. The molecule has 0 saturated heterocycles. The van der Waals surface area contributed by atoms with Gasteiger partial charge in [-0.2, -0.15) is 0 Å². The van der Waals surface area contributed by atoms with Gasteiger partial charge in [-0.1, -0.05) is 11.6 Å². The molecule has 5 heteroatoms. The first-order valence-electron chi connectivity index (χ1n) is 6.60. The van der Waals surface area contributed by atoms with E-state index in [2.05, 4.69) is 5.32 Å². The Balaban J connectivity index is 1.58. The van der Waals surface area contributed by atoms with Crippen LogP contribution in [0.3, 0.4) is 0 Å². The van der Waals surface area contributed by atoms with Crippen LogP contribution in [0.4, 0.5) is 0 Å². The molecule has 0 spiro atoms. The van der Waals surface area contributed by atoms with Crippen LogP contribution in [0.25, 0.3) is 0 Å². The second-order valence-corrected chi connectivity index (χ2v) is 5.42. The Morgan fingerprint density at radius 3 is 2.53 bits per heavy atom. The van der Waals surface area contributed by atoms with Crippen LogP contribution in [0.15, 0.2) is 24.3 Å². The van der Waals surface area contributed by atoms with Gasteiger partial charge in [0.05, 0.1) is 6.10 Å². The molecule has 1 saturated carbocycles. The van der Waals surface area contributed by atoms with Gasteiger partial charge in [-0.3, -0.25) is 0 Å². The van der Waals surface area contributed by atoms with Crippen molar-refractivity contribution >= 4 is 11.6 Å². The van der Waals surface area contributed by atoms with E-state index in [0.717, 1.165) is 12.8 Å². The topological polar surface area (TPSA) is 61.7 Å². The summed E-state index contributed by atoms with van der Waals surface area (Å²) in [4.78, 5) is 0. The molecule has 0 aromatic heterocycles. The number of ether oxygens (including phenoxy) is 1. The molecule has 1 aliphatic carbocycles. The number of aliphatic hydroxyl groups excluding tert-OH is 2. The maximum Gasteiger partial charge on any atom is 0.119 e. The summed E-state index contributed by atoms with van der Waals surface area (Å²) in [7, 11) is 0. The number of rotatable bonds is 8. The second-order valence-electron chi connectivity index (χ2n) is 4.98. The van der Waals surface area contributed by atoms with Crippen molar-refractivity contribution in [3.05, 3.63) is 29.3 Å². The molecule has 1 aromatic rings. The lowest BCUT2D eigenvalue weighted by Gasteiger charge is -2.15. The van der Waals surface area contributed by atoms with Crippen molar-refractivity contribution in [2.24, 2.45) is 5.92 Å². The summed E-state index contributed by atoms with van der Waals surface area (Å²) in [5.74, 6) is 1.14. The SMILES string of the molecule is OC(CNCC(O)C1CC1)COc1ccc(Cl)cc1. The van der Waals surface area contributed by atoms with E-state index < -0.39 is 6.10 Å². The first-order valence-corrected chi connectivity index (χ1v) is 6.98. The molecule has 0 heterocycles. The first kappa shape index (κ1) is 14.6. The third-order valence-electron chi connectivity index (χ3n) is 3.16. The van der Waals surface area contributed by atoms with Crippen molar-refractivity contribution in [2.75, 3.05) is 19.7 Å². The number of hydrogen-bond donors (Lipinski definition) is 3. The van der Waals surface area contributed by atoms with Gasteiger partial charge in [0.1, 0.15) is 18.5 Å². The van der Waals surface area contributed by atoms with Crippen molar-refractivity contribution in [3.63, 3.8) is 0 Å². The first-order chi connectivity index (χ1) is 9.15. The Hall–Kier alpha value is -0.810. The summed E-state index contributed by atoms with van der Waals surface area (Å²) in [5, 5.41) is 23.1. The van der Waals surface area contributed by atoms with E-state index in [1.807, 2.05) is 0 Å². The van der Waals surface area contributed by atoms with Gasteiger partial charge in [0, 0.05) is 18.1 Å². The lowest BCUT2D eigenvalue weighted by molar-refractivity contribution is 0.0966. The molecular weight excluding hydrogens is 266 g/mol. The molecule has 1 fully saturated rings. The Morgan fingerprint density at radius 1 is 1.21 bits per heavy atom. The van der Waals surface area contributed by atoms with Gasteiger partial charge >= 0.3 is 0 Å². The zero-order chi connectivity index (χ0) is 13.7. The third-order valence-corrected chi connectivity index (χ3v) is 3.41. The van der Waals surface area contributed by atoms with E-state index in [9.17, 15) is 10.2 Å². The smallest absolute Gasteiger partial charge is 0.119 e. The molecule has 0 bridgehead atoms. The van der Waals surface area contributed by atoms with Gasteiger partial charge in [0.25, 0.3) is 0 Å². The number of aliphatic hydroxyl groups is 2. The standard InChI is InChI=1S/C14H20ClNO3/c15-11-3-5-13(6-4-11)19-9-12(17)7-16-8-14(18)10-1-2-10/h3-6,10,12,14,16-18H,1-2,7-9H2. The van der Waals surface area contributed by atoms with Crippen molar-refractivity contribution in [1.82, 2.24) is 5.32 Å². The highest BCUT2D eigenvalue weighted by Gasteiger charge is 2.29. The fraction of sp³-hybridized carbons (Fsp3) is 0.571. The minimum absolute atomic E-state index is 0.216. The highest BCUT2D eigenvalue weighted by Crippen LogP contribution is 2.32. The van der Waals surface area contributed by atoms with Gasteiger partial charge in [-0.05, 0) is 43.0 Å². The highest BCUT2D eigenvalue weighted by atomic mass is 35.5. The van der Waals surface area contributed by atoms with Crippen molar-refractivity contribution in [3.8, 4) is 5.75 Å². The number of benzene rings is 1. The maximum atomic E-state index is 9.74. The van der Waals surface area contributed by atoms with Crippen LogP contribution < -0.4 is 10.1 Å². The van der Waals surface area contributed by atoms with Crippen LogP contribution >= 0.6 is 11.6 Å². The van der Waals surface area contributed by atoms with Crippen LogP contribution in [0.2, 0.25) is 5.02 Å². The monoisotopic (exact) mass is 285 g/mol. The van der Waals surface area contributed by atoms with Crippen molar-refractivity contribution in [1.29, 1.82) is 0 Å². The van der Waals surface area contributed by atoms with Gasteiger partial charge in [0.15, 0.2) is 0 Å². The minimum atomic E-state index is -0.595. The number of halogens is 1. The molecule has 4 nitrogen and oxygen atoms in total. The van der Waals surface area contributed by atoms with E-state index in [-0.39, 0.29) is 12.7 Å². The fourth-order valence-electron chi connectivity index (χ4n) is 1.83. The van der Waals surface area contributed by atoms with Gasteiger partial charge in [-0.25, -0.2) is 0 Å². The molecule has 2 rings (SSSR count). The average molecular weight is 286 g/mol. The number of hydrogen-bond acceptors (Lipinski definition) is 4. The summed E-state index contributed by atoms with van der Waals surface area (Å²) < 4.78 is 5.43. The summed E-state index contributed by atoms with van der Waals surface area (Å²) in [6.07, 6.45) is 1.35. The van der Waals surface area contributed by atoms with E-state index in [1.165, 1.54) is 0 Å². The molecule has 1 aliphatic rings. The summed E-state index contributed by atoms with van der Waals surface area (Å²) in [6, 6.07) is 7.01. The summed E-state index contributed by atoms with van der Waals surface area (Å²) in [5.41, 5.74) is 0. The third kappa shape index (κ3) is 5.37. The van der Waals surface area contributed by atoms with Gasteiger partial charge < -0.3 is 20.3 Å². The summed E-state index contributed by atoms with van der Waals surface area (Å²) >= 11 is 5.76. The molecule has 0 aliphatic heterocycles. The molecule has 0 radical (unpaired) electrons. The molecule has 2 atom stereocenters. The predicted molar refractivity (Wildman–Crippen MR) is 74.6 cm³/mol. The molecule has 2 unspecified atom stereocenters. The van der Waals surface area contributed by atoms with Crippen molar-refractivity contribution in [2.45, 2.75) is 25.0 Å². The Labute approximate surface area is 118 Å². The fourth-order valence-corrected chi connectivity index (χ4v) is 1.95. The predicted octanol–water partition coefficient (Wildman–Crippen LogP) is 1.44. The normalized spacial score (nSPS) is 18.1. The molecule has 3 N–H and O–H groups in total. The largest absolute Gasteiger partial charge is 0.491 e. The Morgan fingerprint density at radius 2 is 1.89 bits per heavy atom. The zero-order valence-corrected chi connectivity index (χ0v) is 11.5. The lowest BCUT2D eigenvalue weighted by atomic mass is 10.2. The summed E-state index contributed by atoms with van der Waals surface area (Å²) in [6.45, 7) is 1.16. The molecule has 0 amide bonds. The van der Waals surface area contributed by atoms with Crippen LogP contribution in [-0.4, -0.2) is 42.1 Å². The molecular formula is C14H20ClNO3. The van der Waals surface area contributed by atoms with Crippen LogP contribution in [0.5, 0.6) is 5.75 Å². The maximum absolute atomic E-state index is 9.74. The van der Waals surface area contributed by atoms with Crippen molar-refractivity contribution < 1.29 is 14.9 Å². The minimum Gasteiger partial charge on any atom is -0.491 e. The Kier molecular flexibility index (Phi) is 5.45. The van der Waals surface area contributed by atoms with Crippen LogP contribution in [0, 0.1) is 5.92 Å². The molecule has 106 valence electrons. The van der Waals surface area contributed by atoms with Crippen LogP contribution in [0.1, 0.15) is 12.8 Å². The van der Waals surface area contributed by atoms with E-state index >= 15 is 0 Å². The lowest BCUT2D eigenvalue weighted by Crippen LogP contribution is -2.36. The van der Waals surface area contributed by atoms with Crippen LogP contribution in [-0.2, 0) is 0 Å². The van der Waals surface area contributed by atoms with E-state index in [0.29, 0.717) is 29.8 Å². The molecule has 1 aromatic carbocycles. The quantitative estimate of drug-likeness (QED) is 0.676. The highest BCUT2D eigenvalue weighted by molar-refractivity contribution is 6.30. The van der Waals surface area contributed by atoms with E-state index in [4.69, 9.17) is 16.3 Å². The Bertz CT molecular complexity index is 381. The van der Waals surface area contributed by atoms with Gasteiger partial charge in [0.2, 0.25) is 0 Å². The van der Waals surface area contributed by atoms with E-state index in [1.54, 1.807) is 24.3 Å². The molecule has 19 heavy (non-hydrogen) atoms. The average Bonchev–Trinajstić information content (AvgIpc) is 3.22. The zero-order valence-electron chi connectivity index (χ0n) is 10.8.